The van der Waals surface area contributed by atoms with E-state index in [9.17, 15) is 9.59 Å². The van der Waals surface area contributed by atoms with Gasteiger partial charge in [0.05, 0.1) is 18.6 Å². The molecule has 0 spiro atoms. The molecule has 15 heavy (non-hydrogen) atoms. The highest BCUT2D eigenvalue weighted by Crippen LogP contribution is 1.94. The fraction of sp³-hybridized carbons (Fsp3) is 0.778. The predicted molar refractivity (Wildman–Crippen MR) is 55.7 cm³/mol. The quantitative estimate of drug-likeness (QED) is 0.387. The molecular weight excluding hydrogens is 198 g/mol. The monoisotopic (exact) mass is 217 g/mol. The fourth-order valence-corrected chi connectivity index (χ4v) is 1.05. The summed E-state index contributed by atoms with van der Waals surface area (Å²) in [6, 6.07) is -0.881. The zero-order valence-electron chi connectivity index (χ0n) is 8.90. The number of primary amides is 1. The summed E-state index contributed by atoms with van der Waals surface area (Å²) < 4.78 is 0. The van der Waals surface area contributed by atoms with Gasteiger partial charge in [0.1, 0.15) is 0 Å². The lowest BCUT2D eigenvalue weighted by Crippen LogP contribution is -2.43. The van der Waals surface area contributed by atoms with Crippen molar-refractivity contribution in [3.05, 3.63) is 0 Å². The molecule has 0 aliphatic heterocycles. The van der Waals surface area contributed by atoms with Crippen LogP contribution in [0, 0.1) is 0 Å². The van der Waals surface area contributed by atoms with Crippen molar-refractivity contribution in [2.75, 3.05) is 6.54 Å². The van der Waals surface area contributed by atoms with E-state index in [0.717, 1.165) is 0 Å². The predicted octanol–water partition coefficient (Wildman–Crippen LogP) is -1.53. The molecule has 0 rings (SSSR count). The normalized spacial score (nSPS) is 14.3. The first kappa shape index (κ1) is 13.9. The van der Waals surface area contributed by atoms with E-state index in [4.69, 9.17) is 16.6 Å². The summed E-state index contributed by atoms with van der Waals surface area (Å²) in [5.41, 5.74) is 10.3. The third-order valence-corrected chi connectivity index (χ3v) is 1.86. The molecule has 0 bridgehead atoms. The molecule has 2 unspecified atom stereocenters. The van der Waals surface area contributed by atoms with Gasteiger partial charge < -0.3 is 21.9 Å². The van der Waals surface area contributed by atoms with E-state index in [1.54, 1.807) is 6.92 Å². The number of hydrogen-bond acceptors (Lipinski definition) is 4. The van der Waals surface area contributed by atoms with Crippen molar-refractivity contribution in [1.29, 1.82) is 0 Å². The van der Waals surface area contributed by atoms with E-state index < -0.39 is 11.9 Å². The van der Waals surface area contributed by atoms with Gasteiger partial charge in [-0.3, -0.25) is 9.59 Å². The van der Waals surface area contributed by atoms with Gasteiger partial charge in [-0.05, 0) is 19.8 Å². The topological polar surface area (TPSA) is 118 Å². The third-order valence-electron chi connectivity index (χ3n) is 1.86. The maximum atomic E-state index is 11.2. The average Bonchev–Trinajstić information content (AvgIpc) is 2.10. The van der Waals surface area contributed by atoms with E-state index in [-0.39, 0.29) is 18.4 Å². The first-order chi connectivity index (χ1) is 6.93. The molecular formula is C9H19N3O3. The van der Waals surface area contributed by atoms with Crippen LogP contribution in [0.4, 0.5) is 0 Å². The molecule has 6 heteroatoms. The molecule has 0 aliphatic rings. The van der Waals surface area contributed by atoms with Gasteiger partial charge in [0, 0.05) is 6.54 Å². The number of hydrogen-bond donors (Lipinski definition) is 4. The highest BCUT2D eigenvalue weighted by atomic mass is 16.3. The van der Waals surface area contributed by atoms with E-state index in [2.05, 4.69) is 5.32 Å². The average molecular weight is 217 g/mol. The molecule has 0 aliphatic carbocycles. The fourth-order valence-electron chi connectivity index (χ4n) is 1.05. The van der Waals surface area contributed by atoms with Crippen LogP contribution in [0.25, 0.3) is 0 Å². The molecule has 88 valence electrons. The molecule has 0 saturated heterocycles. The summed E-state index contributed by atoms with van der Waals surface area (Å²) in [7, 11) is 0. The van der Waals surface area contributed by atoms with Crippen LogP contribution in [-0.2, 0) is 9.59 Å². The Kier molecular flexibility index (Phi) is 6.64. The van der Waals surface area contributed by atoms with Gasteiger partial charge in [0.15, 0.2) is 0 Å². The van der Waals surface area contributed by atoms with Crippen LogP contribution in [0.15, 0.2) is 0 Å². The van der Waals surface area contributed by atoms with Crippen LogP contribution < -0.4 is 16.8 Å². The van der Waals surface area contributed by atoms with Crippen molar-refractivity contribution in [2.45, 2.75) is 38.3 Å². The van der Waals surface area contributed by atoms with Crippen molar-refractivity contribution in [1.82, 2.24) is 5.32 Å². The summed E-state index contributed by atoms with van der Waals surface area (Å²) >= 11 is 0. The highest BCUT2D eigenvalue weighted by molar-refractivity contribution is 5.87. The Morgan fingerprint density at radius 3 is 2.53 bits per heavy atom. The summed E-state index contributed by atoms with van der Waals surface area (Å²) in [5.74, 6) is -0.985. The second kappa shape index (κ2) is 7.19. The highest BCUT2D eigenvalue weighted by Gasteiger charge is 2.14. The minimum atomic E-state index is -0.881. The van der Waals surface area contributed by atoms with E-state index in [1.165, 1.54) is 0 Å². The largest absolute Gasteiger partial charge is 0.393 e. The first-order valence-corrected chi connectivity index (χ1v) is 4.93. The van der Waals surface area contributed by atoms with Gasteiger partial charge in [-0.2, -0.15) is 0 Å². The summed E-state index contributed by atoms with van der Waals surface area (Å²) in [6.07, 6.45) is 0.765. The number of nitrogens with one attached hydrogen (secondary N) is 1. The van der Waals surface area contributed by atoms with Gasteiger partial charge in [-0.1, -0.05) is 0 Å². The third kappa shape index (κ3) is 7.90. The van der Waals surface area contributed by atoms with Gasteiger partial charge in [0.25, 0.3) is 0 Å². The van der Waals surface area contributed by atoms with Gasteiger partial charge in [-0.25, -0.2) is 0 Å². The maximum Gasteiger partial charge on any atom is 0.237 e. The Balaban J connectivity index is 3.60. The Morgan fingerprint density at radius 2 is 2.07 bits per heavy atom. The first-order valence-electron chi connectivity index (χ1n) is 4.93. The molecule has 0 aromatic heterocycles. The molecule has 0 aromatic rings. The van der Waals surface area contributed by atoms with E-state index >= 15 is 0 Å². The number of rotatable bonds is 7. The molecule has 2 amide bonds. The zero-order valence-corrected chi connectivity index (χ0v) is 8.90. The summed E-state index contributed by atoms with van der Waals surface area (Å²) in [5, 5.41) is 11.5. The number of aliphatic hydroxyl groups is 1. The summed E-state index contributed by atoms with van der Waals surface area (Å²) in [4.78, 5) is 21.7. The minimum Gasteiger partial charge on any atom is -0.393 e. The molecule has 0 fully saturated rings. The van der Waals surface area contributed by atoms with E-state index in [0.29, 0.717) is 19.4 Å². The van der Waals surface area contributed by atoms with Gasteiger partial charge in [-0.15, -0.1) is 0 Å². The van der Waals surface area contributed by atoms with Crippen LogP contribution in [0.2, 0.25) is 0 Å². The number of nitrogens with two attached hydrogens (primary N) is 2. The SMILES string of the molecule is CC(O)CCCNC(=O)C(N)CC(N)=O. The van der Waals surface area contributed by atoms with E-state index in [1.807, 2.05) is 0 Å². The molecule has 6 nitrogen and oxygen atoms in total. The standard InChI is InChI=1S/C9H19N3O3/c1-6(13)3-2-4-12-9(15)7(10)5-8(11)14/h6-7,13H,2-5,10H2,1H3,(H2,11,14)(H,12,15). The molecule has 0 heterocycles. The summed E-state index contributed by atoms with van der Waals surface area (Å²) in [6.45, 7) is 2.12. The maximum absolute atomic E-state index is 11.2. The van der Waals surface area contributed by atoms with Crippen molar-refractivity contribution >= 4 is 11.8 Å². The van der Waals surface area contributed by atoms with Crippen LogP contribution in [0.1, 0.15) is 26.2 Å². The van der Waals surface area contributed by atoms with Crippen LogP contribution in [0.5, 0.6) is 0 Å². The lowest BCUT2D eigenvalue weighted by molar-refractivity contribution is -0.126. The van der Waals surface area contributed by atoms with Crippen LogP contribution in [-0.4, -0.2) is 35.6 Å². The Labute approximate surface area is 89.0 Å². The van der Waals surface area contributed by atoms with Crippen LogP contribution in [0.3, 0.4) is 0 Å². The molecule has 0 aromatic carbocycles. The number of carbonyl (C=O) groups is 2. The molecule has 6 N–H and O–H groups in total. The second-order valence-electron chi connectivity index (χ2n) is 3.56. The Hall–Kier alpha value is -1.14. The second-order valence-corrected chi connectivity index (χ2v) is 3.56. The van der Waals surface area contributed by atoms with Crippen molar-refractivity contribution < 1.29 is 14.7 Å². The zero-order chi connectivity index (χ0) is 11.8. The Morgan fingerprint density at radius 1 is 1.47 bits per heavy atom. The van der Waals surface area contributed by atoms with Crippen LogP contribution >= 0.6 is 0 Å². The number of amides is 2. The molecule has 0 radical (unpaired) electrons. The lowest BCUT2D eigenvalue weighted by atomic mass is 10.2. The van der Waals surface area contributed by atoms with Crippen molar-refractivity contribution in [2.24, 2.45) is 11.5 Å². The van der Waals surface area contributed by atoms with Crippen molar-refractivity contribution in [3.63, 3.8) is 0 Å². The number of carbonyl (C=O) groups excluding carboxylic acids is 2. The molecule has 2 atom stereocenters. The van der Waals surface area contributed by atoms with Crippen molar-refractivity contribution in [3.8, 4) is 0 Å². The minimum absolute atomic E-state index is 0.151. The lowest BCUT2D eigenvalue weighted by Gasteiger charge is -2.10. The number of aliphatic hydroxyl groups excluding tert-OH is 1. The van der Waals surface area contributed by atoms with Gasteiger partial charge in [0.2, 0.25) is 11.8 Å². The smallest absolute Gasteiger partial charge is 0.237 e. The Bertz CT molecular complexity index is 219. The van der Waals surface area contributed by atoms with Gasteiger partial charge >= 0.3 is 0 Å². The molecule has 0 saturated carbocycles.